The van der Waals surface area contributed by atoms with Crippen LogP contribution in [-0.2, 0) is 16.1 Å². The van der Waals surface area contributed by atoms with Crippen LogP contribution in [0.1, 0.15) is 17.2 Å². The number of halogens is 4. The molecular formula is C20H20F4N2O3. The van der Waals surface area contributed by atoms with Crippen LogP contribution in [0, 0.1) is 5.82 Å². The molecule has 0 aromatic heterocycles. The number of rotatable bonds is 6. The van der Waals surface area contributed by atoms with Crippen LogP contribution >= 0.6 is 0 Å². The van der Waals surface area contributed by atoms with Crippen LogP contribution in [0.4, 0.5) is 17.6 Å². The second kappa shape index (κ2) is 9.23. The van der Waals surface area contributed by atoms with Gasteiger partial charge in [-0.25, -0.2) is 4.39 Å². The minimum Gasteiger partial charge on any atom is -0.405 e. The Hall–Kier alpha value is -2.65. The van der Waals surface area contributed by atoms with E-state index in [-0.39, 0.29) is 42.2 Å². The molecule has 2 aromatic rings. The molecule has 5 nitrogen and oxygen atoms in total. The number of alkyl halides is 3. The fraction of sp³-hybridized carbons (Fsp3) is 0.350. The lowest BCUT2D eigenvalue weighted by Crippen LogP contribution is -2.44. The Morgan fingerprint density at radius 3 is 2.62 bits per heavy atom. The Morgan fingerprint density at radius 1 is 1.17 bits per heavy atom. The van der Waals surface area contributed by atoms with Gasteiger partial charge in [-0.2, -0.15) is 0 Å². The van der Waals surface area contributed by atoms with Crippen molar-refractivity contribution in [3.63, 3.8) is 0 Å². The molecule has 0 saturated carbocycles. The SMILES string of the molecule is O=C(CN1CCOC(c2ccc(F)cc2)C1)NCc1ccccc1OC(F)(F)F. The lowest BCUT2D eigenvalue weighted by atomic mass is 10.1. The zero-order valence-electron chi connectivity index (χ0n) is 15.4. The third kappa shape index (κ3) is 6.43. The summed E-state index contributed by atoms with van der Waals surface area (Å²) in [5, 5.41) is 2.62. The van der Waals surface area contributed by atoms with E-state index in [0.717, 1.165) is 5.56 Å². The van der Waals surface area contributed by atoms with Gasteiger partial charge in [-0.15, -0.1) is 13.2 Å². The average molecular weight is 412 g/mol. The predicted molar refractivity (Wildman–Crippen MR) is 96.5 cm³/mol. The number of hydrogen-bond acceptors (Lipinski definition) is 4. The van der Waals surface area contributed by atoms with Gasteiger partial charge < -0.3 is 14.8 Å². The molecule has 0 spiro atoms. The van der Waals surface area contributed by atoms with Gasteiger partial charge in [0.15, 0.2) is 0 Å². The first-order chi connectivity index (χ1) is 13.8. The van der Waals surface area contributed by atoms with E-state index in [1.807, 2.05) is 4.90 Å². The lowest BCUT2D eigenvalue weighted by molar-refractivity contribution is -0.274. The molecule has 2 aromatic carbocycles. The Bertz CT molecular complexity index is 827. The van der Waals surface area contributed by atoms with E-state index in [2.05, 4.69) is 10.1 Å². The smallest absolute Gasteiger partial charge is 0.405 e. The van der Waals surface area contributed by atoms with Crippen molar-refractivity contribution in [1.29, 1.82) is 0 Å². The van der Waals surface area contributed by atoms with Crippen LogP contribution in [0.25, 0.3) is 0 Å². The van der Waals surface area contributed by atoms with Crippen LogP contribution in [-0.4, -0.2) is 43.4 Å². The first-order valence-corrected chi connectivity index (χ1v) is 9.00. The highest BCUT2D eigenvalue weighted by atomic mass is 19.4. The Labute approximate surface area is 165 Å². The third-order valence-corrected chi connectivity index (χ3v) is 4.43. The van der Waals surface area contributed by atoms with E-state index in [1.54, 1.807) is 18.2 Å². The molecule has 3 rings (SSSR count). The number of amides is 1. The summed E-state index contributed by atoms with van der Waals surface area (Å²) in [6.07, 6.45) is -5.08. The van der Waals surface area contributed by atoms with E-state index in [0.29, 0.717) is 19.7 Å². The Kier molecular flexibility index (Phi) is 6.71. The van der Waals surface area contributed by atoms with Crippen molar-refractivity contribution in [3.8, 4) is 5.75 Å². The van der Waals surface area contributed by atoms with Crippen LogP contribution < -0.4 is 10.1 Å². The van der Waals surface area contributed by atoms with Crippen LogP contribution in [0.5, 0.6) is 5.75 Å². The highest BCUT2D eigenvalue weighted by molar-refractivity contribution is 5.78. The van der Waals surface area contributed by atoms with Crippen molar-refractivity contribution in [1.82, 2.24) is 10.2 Å². The van der Waals surface area contributed by atoms with Crippen LogP contribution in [0.15, 0.2) is 48.5 Å². The van der Waals surface area contributed by atoms with Crippen LogP contribution in [0.3, 0.4) is 0 Å². The summed E-state index contributed by atoms with van der Waals surface area (Å²) in [4.78, 5) is 14.1. The molecule has 156 valence electrons. The Morgan fingerprint density at radius 2 is 1.90 bits per heavy atom. The predicted octanol–water partition coefficient (Wildman–Crippen LogP) is 3.41. The summed E-state index contributed by atoms with van der Waals surface area (Å²) in [6.45, 7) is 1.39. The maximum absolute atomic E-state index is 13.1. The van der Waals surface area contributed by atoms with Crippen LogP contribution in [0.2, 0.25) is 0 Å². The number of ether oxygens (including phenoxy) is 2. The maximum Gasteiger partial charge on any atom is 0.573 e. The number of carbonyl (C=O) groups is 1. The number of morpholine rings is 1. The number of benzene rings is 2. The second-order valence-electron chi connectivity index (χ2n) is 6.58. The molecule has 29 heavy (non-hydrogen) atoms. The average Bonchev–Trinajstić information content (AvgIpc) is 2.67. The molecule has 1 fully saturated rings. The van der Waals surface area contributed by atoms with Gasteiger partial charge in [0.05, 0.1) is 19.3 Å². The molecule has 1 atom stereocenters. The van der Waals surface area contributed by atoms with Gasteiger partial charge in [-0.05, 0) is 23.8 Å². The molecule has 0 radical (unpaired) electrons. The fourth-order valence-electron chi connectivity index (χ4n) is 3.05. The number of carbonyl (C=O) groups excluding carboxylic acids is 1. The molecule has 0 aliphatic carbocycles. The summed E-state index contributed by atoms with van der Waals surface area (Å²) in [5.41, 5.74) is 1.04. The van der Waals surface area contributed by atoms with Gasteiger partial charge in [0.2, 0.25) is 5.91 Å². The molecule has 1 heterocycles. The van der Waals surface area contributed by atoms with E-state index >= 15 is 0 Å². The van der Waals surface area contributed by atoms with Gasteiger partial charge in [0.1, 0.15) is 11.6 Å². The van der Waals surface area contributed by atoms with Gasteiger partial charge in [-0.3, -0.25) is 9.69 Å². The molecule has 1 N–H and O–H groups in total. The highest BCUT2D eigenvalue weighted by Crippen LogP contribution is 2.26. The monoisotopic (exact) mass is 412 g/mol. The van der Waals surface area contributed by atoms with E-state index in [1.165, 1.54) is 30.3 Å². The van der Waals surface area contributed by atoms with Gasteiger partial charge in [0, 0.05) is 25.2 Å². The minimum absolute atomic E-state index is 0.0728. The minimum atomic E-state index is -4.80. The number of nitrogens with one attached hydrogen (secondary N) is 1. The largest absolute Gasteiger partial charge is 0.573 e. The lowest BCUT2D eigenvalue weighted by Gasteiger charge is -2.32. The molecular weight excluding hydrogens is 392 g/mol. The second-order valence-corrected chi connectivity index (χ2v) is 6.58. The van der Waals surface area contributed by atoms with Gasteiger partial charge in [0.25, 0.3) is 0 Å². The molecule has 1 aliphatic rings. The van der Waals surface area contributed by atoms with Crippen molar-refractivity contribution >= 4 is 5.91 Å². The molecule has 0 bridgehead atoms. The first-order valence-electron chi connectivity index (χ1n) is 9.00. The fourth-order valence-corrected chi connectivity index (χ4v) is 3.05. The summed E-state index contributed by atoms with van der Waals surface area (Å²) < 4.78 is 60.2. The Balaban J connectivity index is 1.53. The first kappa shape index (κ1) is 21.1. The van der Waals surface area contributed by atoms with E-state index < -0.39 is 6.36 Å². The zero-order chi connectivity index (χ0) is 20.9. The summed E-state index contributed by atoms with van der Waals surface area (Å²) >= 11 is 0. The van der Waals surface area contributed by atoms with E-state index in [9.17, 15) is 22.4 Å². The van der Waals surface area contributed by atoms with Crippen molar-refractivity contribution in [2.24, 2.45) is 0 Å². The number of hydrogen-bond donors (Lipinski definition) is 1. The maximum atomic E-state index is 13.1. The van der Waals surface area contributed by atoms with E-state index in [4.69, 9.17) is 4.74 Å². The van der Waals surface area contributed by atoms with Crippen molar-refractivity contribution < 1.29 is 31.8 Å². The van der Waals surface area contributed by atoms with Crippen molar-refractivity contribution in [2.75, 3.05) is 26.2 Å². The molecule has 1 saturated heterocycles. The quantitative estimate of drug-likeness (QED) is 0.739. The van der Waals surface area contributed by atoms with Crippen molar-refractivity contribution in [2.45, 2.75) is 19.0 Å². The zero-order valence-corrected chi connectivity index (χ0v) is 15.4. The van der Waals surface area contributed by atoms with Gasteiger partial charge >= 0.3 is 6.36 Å². The molecule has 1 unspecified atom stereocenters. The molecule has 9 heteroatoms. The number of para-hydroxylation sites is 1. The topological polar surface area (TPSA) is 50.8 Å². The molecule has 1 amide bonds. The summed E-state index contributed by atoms with van der Waals surface area (Å²) in [6, 6.07) is 11.6. The highest BCUT2D eigenvalue weighted by Gasteiger charge is 2.32. The third-order valence-electron chi connectivity index (χ3n) is 4.43. The normalized spacial score (nSPS) is 17.7. The summed E-state index contributed by atoms with van der Waals surface area (Å²) in [7, 11) is 0. The molecule has 1 aliphatic heterocycles. The number of nitrogens with zero attached hydrogens (tertiary/aromatic N) is 1. The summed E-state index contributed by atoms with van der Waals surface area (Å²) in [5.74, 6) is -1.01. The van der Waals surface area contributed by atoms with Gasteiger partial charge in [-0.1, -0.05) is 30.3 Å². The van der Waals surface area contributed by atoms with Crippen molar-refractivity contribution in [3.05, 3.63) is 65.5 Å². The standard InChI is InChI=1S/C20H20F4N2O3/c21-16-7-5-14(6-8-16)18-12-26(9-10-28-18)13-19(27)25-11-15-3-1-2-4-17(15)29-20(22,23)24/h1-8,18H,9-13H2,(H,25,27).